The van der Waals surface area contributed by atoms with Crippen molar-refractivity contribution in [3.05, 3.63) is 30.5 Å². The highest BCUT2D eigenvalue weighted by molar-refractivity contribution is 5.44. The molecule has 0 unspecified atom stereocenters. The van der Waals surface area contributed by atoms with Gasteiger partial charge < -0.3 is 5.73 Å². The van der Waals surface area contributed by atoms with E-state index in [1.807, 2.05) is 13.0 Å². The Hall–Kier alpha value is -1.91. The number of nitrogens with two attached hydrogens (primary N) is 1. The van der Waals surface area contributed by atoms with Gasteiger partial charge in [0, 0.05) is 0 Å². The Labute approximate surface area is 75.2 Å². The number of hydrogen-bond donors (Lipinski definition) is 1. The summed E-state index contributed by atoms with van der Waals surface area (Å²) in [4.78, 5) is 8.00. The predicted octanol–water partition coefficient (Wildman–Crippen LogP) is 0.553. The largest absolute Gasteiger partial charge is 0.397 e. The van der Waals surface area contributed by atoms with Crippen LogP contribution in [0.3, 0.4) is 0 Å². The van der Waals surface area contributed by atoms with Gasteiger partial charge in [0.05, 0.1) is 11.9 Å². The molecule has 0 bridgehead atoms. The molecule has 0 aliphatic heterocycles. The number of aryl methyl sites for hydroxylation is 1. The predicted molar refractivity (Wildman–Crippen MR) is 48.3 cm³/mol. The Morgan fingerprint density at radius 1 is 1.46 bits per heavy atom. The van der Waals surface area contributed by atoms with Crippen LogP contribution in [0, 0.1) is 6.92 Å². The SMILES string of the molecule is Cc1cc(N)cnc1-n1cncn1. The zero-order chi connectivity index (χ0) is 9.26. The molecule has 66 valence electrons. The summed E-state index contributed by atoms with van der Waals surface area (Å²) in [6.45, 7) is 1.93. The quantitative estimate of drug-likeness (QED) is 0.687. The second-order valence-corrected chi connectivity index (χ2v) is 2.75. The topological polar surface area (TPSA) is 69.6 Å². The van der Waals surface area contributed by atoms with Gasteiger partial charge in [-0.05, 0) is 18.6 Å². The van der Waals surface area contributed by atoms with Gasteiger partial charge in [-0.2, -0.15) is 5.10 Å². The van der Waals surface area contributed by atoms with Crippen LogP contribution in [-0.4, -0.2) is 19.7 Å². The maximum atomic E-state index is 5.57. The number of pyridine rings is 1. The van der Waals surface area contributed by atoms with Gasteiger partial charge in [0.2, 0.25) is 0 Å². The molecule has 0 aromatic carbocycles. The molecular formula is C8H9N5. The van der Waals surface area contributed by atoms with Crippen LogP contribution in [0.25, 0.3) is 5.82 Å². The van der Waals surface area contributed by atoms with Gasteiger partial charge in [0.15, 0.2) is 5.82 Å². The Morgan fingerprint density at radius 3 is 2.92 bits per heavy atom. The molecule has 2 aromatic heterocycles. The van der Waals surface area contributed by atoms with E-state index in [1.54, 1.807) is 17.2 Å². The van der Waals surface area contributed by atoms with Crippen molar-refractivity contribution >= 4 is 5.69 Å². The molecule has 2 N–H and O–H groups in total. The fourth-order valence-electron chi connectivity index (χ4n) is 1.15. The zero-order valence-electron chi connectivity index (χ0n) is 7.18. The van der Waals surface area contributed by atoms with Gasteiger partial charge in [-0.1, -0.05) is 0 Å². The summed E-state index contributed by atoms with van der Waals surface area (Å²) < 4.78 is 1.61. The first-order valence-corrected chi connectivity index (χ1v) is 3.84. The van der Waals surface area contributed by atoms with E-state index in [4.69, 9.17) is 5.73 Å². The van der Waals surface area contributed by atoms with E-state index in [-0.39, 0.29) is 0 Å². The average molecular weight is 175 g/mol. The van der Waals surface area contributed by atoms with Crippen LogP contribution in [0.1, 0.15) is 5.56 Å². The summed E-state index contributed by atoms with van der Waals surface area (Å²) in [5, 5.41) is 3.98. The summed E-state index contributed by atoms with van der Waals surface area (Å²) >= 11 is 0. The molecule has 2 aromatic rings. The first kappa shape index (κ1) is 7.72. The molecular weight excluding hydrogens is 166 g/mol. The molecule has 0 fully saturated rings. The summed E-state index contributed by atoms with van der Waals surface area (Å²) in [6, 6.07) is 1.85. The average Bonchev–Trinajstić information content (AvgIpc) is 2.56. The van der Waals surface area contributed by atoms with Gasteiger partial charge in [0.25, 0.3) is 0 Å². The number of nitrogens with zero attached hydrogens (tertiary/aromatic N) is 4. The first-order chi connectivity index (χ1) is 6.27. The zero-order valence-corrected chi connectivity index (χ0v) is 7.18. The van der Waals surface area contributed by atoms with Crippen LogP contribution in [0.4, 0.5) is 5.69 Å². The van der Waals surface area contributed by atoms with Crippen molar-refractivity contribution < 1.29 is 0 Å². The molecule has 0 atom stereocenters. The number of anilines is 1. The lowest BCUT2D eigenvalue weighted by atomic mass is 10.3. The fraction of sp³-hybridized carbons (Fsp3) is 0.125. The molecule has 0 saturated heterocycles. The Balaban J connectivity index is 2.53. The number of rotatable bonds is 1. The minimum Gasteiger partial charge on any atom is -0.397 e. The van der Waals surface area contributed by atoms with E-state index in [2.05, 4.69) is 15.1 Å². The lowest BCUT2D eigenvalue weighted by Crippen LogP contribution is -2.01. The third-order valence-electron chi connectivity index (χ3n) is 1.71. The van der Waals surface area contributed by atoms with Gasteiger partial charge in [-0.3, -0.25) is 0 Å². The summed E-state index contributed by atoms with van der Waals surface area (Å²) in [5.74, 6) is 0.756. The third kappa shape index (κ3) is 1.35. The molecule has 5 nitrogen and oxygen atoms in total. The molecule has 0 spiro atoms. The number of aromatic nitrogens is 4. The smallest absolute Gasteiger partial charge is 0.158 e. The van der Waals surface area contributed by atoms with Crippen LogP contribution in [0.15, 0.2) is 24.9 Å². The van der Waals surface area contributed by atoms with E-state index in [0.717, 1.165) is 11.4 Å². The standard InChI is InChI=1S/C8H9N5/c1-6-2-7(9)3-11-8(6)13-5-10-4-12-13/h2-5H,9H2,1H3. The van der Waals surface area contributed by atoms with Gasteiger partial charge >= 0.3 is 0 Å². The lowest BCUT2D eigenvalue weighted by Gasteiger charge is -2.03. The van der Waals surface area contributed by atoms with E-state index >= 15 is 0 Å². The monoisotopic (exact) mass is 175 g/mol. The second-order valence-electron chi connectivity index (χ2n) is 2.75. The lowest BCUT2D eigenvalue weighted by molar-refractivity contribution is 0.837. The van der Waals surface area contributed by atoms with Crippen LogP contribution in [0.2, 0.25) is 0 Å². The van der Waals surface area contributed by atoms with E-state index in [0.29, 0.717) is 5.69 Å². The highest BCUT2D eigenvalue weighted by atomic mass is 15.3. The Morgan fingerprint density at radius 2 is 2.31 bits per heavy atom. The number of nitrogen functional groups attached to an aromatic ring is 1. The minimum atomic E-state index is 0.654. The van der Waals surface area contributed by atoms with Crippen molar-refractivity contribution in [1.82, 2.24) is 19.7 Å². The van der Waals surface area contributed by atoms with E-state index in [9.17, 15) is 0 Å². The summed E-state index contributed by atoms with van der Waals surface area (Å²) in [6.07, 6.45) is 4.67. The molecule has 0 aliphatic rings. The van der Waals surface area contributed by atoms with Crippen molar-refractivity contribution in [2.45, 2.75) is 6.92 Å². The van der Waals surface area contributed by atoms with E-state index < -0.39 is 0 Å². The van der Waals surface area contributed by atoms with Gasteiger partial charge in [-0.25, -0.2) is 14.6 Å². The summed E-state index contributed by atoms with van der Waals surface area (Å²) in [7, 11) is 0. The molecule has 2 heterocycles. The maximum Gasteiger partial charge on any atom is 0.158 e. The van der Waals surface area contributed by atoms with Crippen molar-refractivity contribution in [2.24, 2.45) is 0 Å². The van der Waals surface area contributed by atoms with Crippen molar-refractivity contribution in [2.75, 3.05) is 5.73 Å². The molecule has 0 aliphatic carbocycles. The fourth-order valence-corrected chi connectivity index (χ4v) is 1.15. The molecule has 0 radical (unpaired) electrons. The highest BCUT2D eigenvalue weighted by Crippen LogP contribution is 2.11. The maximum absolute atomic E-state index is 5.57. The van der Waals surface area contributed by atoms with Gasteiger partial charge in [0.1, 0.15) is 12.7 Å². The minimum absolute atomic E-state index is 0.654. The Bertz CT molecular complexity index is 406. The molecule has 5 heteroatoms. The molecule has 13 heavy (non-hydrogen) atoms. The van der Waals surface area contributed by atoms with Crippen LogP contribution >= 0.6 is 0 Å². The summed E-state index contributed by atoms with van der Waals surface area (Å²) in [5.41, 5.74) is 7.20. The van der Waals surface area contributed by atoms with Crippen molar-refractivity contribution in [1.29, 1.82) is 0 Å². The first-order valence-electron chi connectivity index (χ1n) is 3.84. The van der Waals surface area contributed by atoms with E-state index in [1.165, 1.54) is 6.33 Å². The van der Waals surface area contributed by atoms with Crippen LogP contribution < -0.4 is 5.73 Å². The third-order valence-corrected chi connectivity index (χ3v) is 1.71. The molecule has 0 amide bonds. The van der Waals surface area contributed by atoms with Crippen molar-refractivity contribution in [3.8, 4) is 5.82 Å². The highest BCUT2D eigenvalue weighted by Gasteiger charge is 2.02. The number of hydrogen-bond acceptors (Lipinski definition) is 4. The normalized spacial score (nSPS) is 10.2. The second kappa shape index (κ2) is 2.85. The van der Waals surface area contributed by atoms with Gasteiger partial charge in [-0.15, -0.1) is 0 Å². The van der Waals surface area contributed by atoms with Crippen LogP contribution in [-0.2, 0) is 0 Å². The molecule has 2 rings (SSSR count). The van der Waals surface area contributed by atoms with Crippen LogP contribution in [0.5, 0.6) is 0 Å². The Kier molecular flexibility index (Phi) is 1.70. The van der Waals surface area contributed by atoms with Crippen molar-refractivity contribution in [3.63, 3.8) is 0 Å². The molecule has 0 saturated carbocycles.